The van der Waals surface area contributed by atoms with Crippen LogP contribution < -0.4 is 0 Å². The summed E-state index contributed by atoms with van der Waals surface area (Å²) in [7, 11) is 1.60. The molecule has 1 aromatic carbocycles. The Morgan fingerprint density at radius 1 is 1.10 bits per heavy atom. The van der Waals surface area contributed by atoms with Gasteiger partial charge >= 0.3 is 0 Å². The molecule has 6 nitrogen and oxygen atoms in total. The summed E-state index contributed by atoms with van der Waals surface area (Å²) in [5, 5.41) is 0. The van der Waals surface area contributed by atoms with Gasteiger partial charge in [-0.05, 0) is 45.4 Å². The van der Waals surface area contributed by atoms with Crippen LogP contribution in [0.5, 0.6) is 0 Å². The normalized spacial score (nSPS) is 11.4. The molecule has 31 heavy (non-hydrogen) atoms. The molecule has 6 heteroatoms. The second-order valence-corrected chi connectivity index (χ2v) is 8.93. The fourth-order valence-corrected chi connectivity index (χ4v) is 3.58. The van der Waals surface area contributed by atoms with Crippen LogP contribution in [-0.2, 0) is 27.4 Å². The van der Waals surface area contributed by atoms with Crippen molar-refractivity contribution in [2.24, 2.45) is 0 Å². The number of aromatic nitrogens is 1. The summed E-state index contributed by atoms with van der Waals surface area (Å²) < 4.78 is 7.30. The van der Waals surface area contributed by atoms with Crippen molar-refractivity contribution in [2.45, 2.75) is 59.7 Å². The number of aryl methyl sites for hydroxylation is 1. The first kappa shape index (κ1) is 24.7. The lowest BCUT2D eigenvalue weighted by atomic mass is 10.1. The van der Waals surface area contributed by atoms with Gasteiger partial charge in [-0.2, -0.15) is 0 Å². The number of hydrogen-bond acceptors (Lipinski definition) is 3. The maximum Gasteiger partial charge on any atom is 0.242 e. The van der Waals surface area contributed by atoms with E-state index in [1.54, 1.807) is 12.0 Å². The molecule has 170 valence electrons. The molecule has 0 radical (unpaired) electrons. The quantitative estimate of drug-likeness (QED) is 0.579. The zero-order valence-corrected chi connectivity index (χ0v) is 19.9. The Labute approximate surface area is 186 Å². The van der Waals surface area contributed by atoms with Crippen LogP contribution in [-0.4, -0.2) is 58.5 Å². The number of methoxy groups -OCH3 is 1. The lowest BCUT2D eigenvalue weighted by Gasteiger charge is -2.37. The first-order chi connectivity index (χ1) is 14.7. The van der Waals surface area contributed by atoms with Crippen LogP contribution in [0.1, 0.15) is 50.9 Å². The van der Waals surface area contributed by atoms with E-state index in [1.165, 1.54) is 11.1 Å². The lowest BCUT2D eigenvalue weighted by molar-refractivity contribution is -0.144. The summed E-state index contributed by atoms with van der Waals surface area (Å²) in [5.74, 6) is -0.101. The highest BCUT2D eigenvalue weighted by atomic mass is 16.5. The zero-order valence-electron chi connectivity index (χ0n) is 19.9. The smallest absolute Gasteiger partial charge is 0.242 e. The van der Waals surface area contributed by atoms with Crippen LogP contribution in [0.25, 0.3) is 0 Å². The van der Waals surface area contributed by atoms with Crippen molar-refractivity contribution in [3.63, 3.8) is 0 Å². The summed E-state index contributed by atoms with van der Waals surface area (Å²) in [4.78, 5) is 29.1. The minimum atomic E-state index is -0.377. The van der Waals surface area contributed by atoms with E-state index >= 15 is 0 Å². The van der Waals surface area contributed by atoms with Gasteiger partial charge in [0.1, 0.15) is 0 Å². The fourth-order valence-electron chi connectivity index (χ4n) is 3.58. The average Bonchev–Trinajstić information content (AvgIpc) is 3.14. The van der Waals surface area contributed by atoms with Crippen molar-refractivity contribution in [3.8, 4) is 0 Å². The van der Waals surface area contributed by atoms with Gasteiger partial charge in [-0.1, -0.05) is 36.8 Å². The third kappa shape index (κ3) is 7.24. The van der Waals surface area contributed by atoms with Crippen molar-refractivity contribution < 1.29 is 14.3 Å². The number of nitrogens with zero attached hydrogens (tertiary/aromatic N) is 3. The Morgan fingerprint density at radius 3 is 2.45 bits per heavy atom. The van der Waals surface area contributed by atoms with Crippen LogP contribution in [0.2, 0.25) is 0 Å². The van der Waals surface area contributed by atoms with Crippen molar-refractivity contribution in [1.29, 1.82) is 0 Å². The van der Waals surface area contributed by atoms with Crippen LogP contribution in [0.3, 0.4) is 0 Å². The molecule has 0 aliphatic rings. The SMILES string of the molecule is CCC(=O)N(CCOC)CC(=O)N(Cc1cccn1Cc1cccc(C)c1)C(C)(C)C. The fraction of sp³-hybridized carbons (Fsp3) is 0.520. The highest BCUT2D eigenvalue weighted by Gasteiger charge is 2.29. The van der Waals surface area contributed by atoms with Gasteiger partial charge in [0.05, 0.1) is 19.7 Å². The Bertz CT molecular complexity index is 867. The maximum absolute atomic E-state index is 13.3. The van der Waals surface area contributed by atoms with E-state index in [0.29, 0.717) is 26.1 Å². The minimum absolute atomic E-state index is 0.0397. The van der Waals surface area contributed by atoms with E-state index in [1.807, 2.05) is 38.7 Å². The third-order valence-corrected chi connectivity index (χ3v) is 5.34. The summed E-state index contributed by atoms with van der Waals surface area (Å²) >= 11 is 0. The molecule has 0 atom stereocenters. The number of carbonyl (C=O) groups excluding carboxylic acids is 2. The largest absolute Gasteiger partial charge is 0.383 e. The molecule has 0 saturated heterocycles. The molecule has 2 amide bonds. The summed E-state index contributed by atoms with van der Waals surface area (Å²) in [6, 6.07) is 12.5. The van der Waals surface area contributed by atoms with Crippen LogP contribution >= 0.6 is 0 Å². The number of amides is 2. The zero-order chi connectivity index (χ0) is 23.0. The Balaban J connectivity index is 2.19. The van der Waals surface area contributed by atoms with Crippen LogP contribution in [0, 0.1) is 6.92 Å². The third-order valence-electron chi connectivity index (χ3n) is 5.34. The van der Waals surface area contributed by atoms with E-state index in [-0.39, 0.29) is 23.9 Å². The van der Waals surface area contributed by atoms with E-state index in [2.05, 4.69) is 48.0 Å². The van der Waals surface area contributed by atoms with Gasteiger partial charge in [-0.3, -0.25) is 9.59 Å². The molecule has 2 aromatic rings. The van der Waals surface area contributed by atoms with Crippen LogP contribution in [0.4, 0.5) is 0 Å². The van der Waals surface area contributed by atoms with Gasteiger partial charge in [-0.15, -0.1) is 0 Å². The molecule has 0 aliphatic heterocycles. The molecule has 2 rings (SSSR count). The molecule has 0 spiro atoms. The predicted molar refractivity (Wildman–Crippen MR) is 124 cm³/mol. The van der Waals surface area contributed by atoms with Crippen molar-refractivity contribution in [2.75, 3.05) is 26.8 Å². The van der Waals surface area contributed by atoms with Crippen molar-refractivity contribution >= 4 is 11.8 Å². The molecule has 0 unspecified atom stereocenters. The molecule has 0 bridgehead atoms. The Kier molecular flexibility index (Phi) is 8.87. The first-order valence-corrected chi connectivity index (χ1v) is 10.9. The highest BCUT2D eigenvalue weighted by Crippen LogP contribution is 2.20. The summed E-state index contributed by atoms with van der Waals surface area (Å²) in [5.41, 5.74) is 3.15. The molecule has 0 aliphatic carbocycles. The molecule has 0 saturated carbocycles. The van der Waals surface area contributed by atoms with E-state index in [9.17, 15) is 9.59 Å². The number of benzene rings is 1. The van der Waals surface area contributed by atoms with E-state index < -0.39 is 0 Å². The van der Waals surface area contributed by atoms with Crippen molar-refractivity contribution in [3.05, 3.63) is 59.4 Å². The lowest BCUT2D eigenvalue weighted by Crippen LogP contribution is -2.50. The molecular weight excluding hydrogens is 390 g/mol. The molecule has 0 fully saturated rings. The number of ether oxygens (including phenoxy) is 1. The second kappa shape index (κ2) is 11.1. The monoisotopic (exact) mass is 427 g/mol. The van der Waals surface area contributed by atoms with Gasteiger partial charge in [0.15, 0.2) is 0 Å². The molecule has 1 heterocycles. The Hall–Kier alpha value is -2.60. The number of carbonyl (C=O) groups is 2. The Morgan fingerprint density at radius 2 is 1.84 bits per heavy atom. The highest BCUT2D eigenvalue weighted by molar-refractivity contribution is 5.85. The van der Waals surface area contributed by atoms with E-state index in [0.717, 1.165) is 12.2 Å². The number of rotatable bonds is 10. The standard InChI is InChI=1S/C25H37N3O3/c1-7-23(29)27(14-15-31-6)19-24(30)28(25(3,4)5)18-22-12-9-13-26(22)17-21-11-8-10-20(2)16-21/h8-13,16H,7,14-15,17-19H2,1-6H3. The van der Waals surface area contributed by atoms with Gasteiger partial charge in [0, 0.05) is 44.0 Å². The van der Waals surface area contributed by atoms with Gasteiger partial charge in [0.25, 0.3) is 0 Å². The first-order valence-electron chi connectivity index (χ1n) is 10.9. The van der Waals surface area contributed by atoms with Crippen LogP contribution in [0.15, 0.2) is 42.6 Å². The average molecular weight is 428 g/mol. The maximum atomic E-state index is 13.3. The molecular formula is C25H37N3O3. The topological polar surface area (TPSA) is 54.8 Å². The summed E-state index contributed by atoms with van der Waals surface area (Å²) in [6.45, 7) is 12.1. The summed E-state index contributed by atoms with van der Waals surface area (Å²) in [6.07, 6.45) is 2.42. The van der Waals surface area contributed by atoms with Crippen molar-refractivity contribution in [1.82, 2.24) is 14.4 Å². The van der Waals surface area contributed by atoms with E-state index in [4.69, 9.17) is 4.74 Å². The van der Waals surface area contributed by atoms with Gasteiger partial charge in [0.2, 0.25) is 11.8 Å². The molecule has 0 N–H and O–H groups in total. The number of hydrogen-bond donors (Lipinski definition) is 0. The second-order valence-electron chi connectivity index (χ2n) is 8.93. The minimum Gasteiger partial charge on any atom is -0.383 e. The van der Waals surface area contributed by atoms with Gasteiger partial charge in [-0.25, -0.2) is 0 Å². The van der Waals surface area contributed by atoms with Gasteiger partial charge < -0.3 is 19.1 Å². The predicted octanol–water partition coefficient (Wildman–Crippen LogP) is 3.86. The molecule has 1 aromatic heterocycles.